The molecule has 0 radical (unpaired) electrons. The van der Waals surface area contributed by atoms with Crippen LogP contribution in [0.5, 0.6) is 0 Å². The quantitative estimate of drug-likeness (QED) is 0.711. The van der Waals surface area contributed by atoms with Gasteiger partial charge in [-0.1, -0.05) is 32.0 Å². The zero-order chi connectivity index (χ0) is 15.7. The summed E-state index contributed by atoms with van der Waals surface area (Å²) in [5, 5.41) is 1.16. The molecule has 22 heavy (non-hydrogen) atoms. The summed E-state index contributed by atoms with van der Waals surface area (Å²) in [5.74, 6) is 1.49. The molecule has 4 nitrogen and oxygen atoms in total. The molecule has 0 amide bonds. The average Bonchev–Trinajstić information content (AvgIpc) is 2.84. The first kappa shape index (κ1) is 15.0. The minimum Gasteiger partial charge on any atom is -0.380 e. The SMILES string of the molecule is CCOC[C@H](C(C)C)n1c(C)nc2cnc3ccccc3c21. The molecule has 2 heterocycles. The van der Waals surface area contributed by atoms with Crippen LogP contribution in [-0.2, 0) is 4.74 Å². The van der Waals surface area contributed by atoms with E-state index >= 15 is 0 Å². The highest BCUT2D eigenvalue weighted by Gasteiger charge is 2.22. The number of fused-ring (bicyclic) bond motifs is 3. The molecule has 3 aromatic rings. The zero-order valence-electron chi connectivity index (χ0n) is 13.7. The van der Waals surface area contributed by atoms with Gasteiger partial charge in [-0.05, 0) is 25.8 Å². The van der Waals surface area contributed by atoms with E-state index in [0.29, 0.717) is 12.5 Å². The van der Waals surface area contributed by atoms with Crippen molar-refractivity contribution in [3.05, 3.63) is 36.3 Å². The lowest BCUT2D eigenvalue weighted by Crippen LogP contribution is -2.22. The van der Waals surface area contributed by atoms with Crippen LogP contribution in [0.15, 0.2) is 30.5 Å². The van der Waals surface area contributed by atoms with Crippen LogP contribution >= 0.6 is 0 Å². The van der Waals surface area contributed by atoms with E-state index in [1.165, 1.54) is 5.52 Å². The molecule has 0 N–H and O–H groups in total. The van der Waals surface area contributed by atoms with Gasteiger partial charge >= 0.3 is 0 Å². The second kappa shape index (κ2) is 6.05. The molecule has 0 unspecified atom stereocenters. The van der Waals surface area contributed by atoms with Crippen molar-refractivity contribution in [3.63, 3.8) is 0 Å². The Morgan fingerprint density at radius 2 is 1.95 bits per heavy atom. The van der Waals surface area contributed by atoms with Crippen LogP contribution in [0, 0.1) is 12.8 Å². The van der Waals surface area contributed by atoms with Gasteiger partial charge in [-0.3, -0.25) is 4.98 Å². The van der Waals surface area contributed by atoms with Gasteiger partial charge in [0.15, 0.2) is 0 Å². The van der Waals surface area contributed by atoms with Gasteiger partial charge in [-0.15, -0.1) is 0 Å². The van der Waals surface area contributed by atoms with Crippen LogP contribution in [0.25, 0.3) is 21.9 Å². The summed E-state index contributed by atoms with van der Waals surface area (Å²) in [5.41, 5.74) is 3.13. The van der Waals surface area contributed by atoms with E-state index in [2.05, 4.69) is 42.5 Å². The van der Waals surface area contributed by atoms with Crippen LogP contribution in [0.1, 0.15) is 32.6 Å². The lowest BCUT2D eigenvalue weighted by molar-refractivity contribution is 0.0972. The summed E-state index contributed by atoms with van der Waals surface area (Å²) in [6, 6.07) is 8.53. The minimum atomic E-state index is 0.274. The molecular weight excluding hydrogens is 274 g/mol. The number of hydrogen-bond acceptors (Lipinski definition) is 3. The average molecular weight is 297 g/mol. The van der Waals surface area contributed by atoms with Crippen molar-refractivity contribution in [2.75, 3.05) is 13.2 Å². The molecule has 0 aliphatic rings. The molecule has 4 heteroatoms. The first-order valence-corrected chi connectivity index (χ1v) is 7.93. The summed E-state index contributed by atoms with van der Waals surface area (Å²) < 4.78 is 8.07. The number of aromatic nitrogens is 3. The molecule has 2 aromatic heterocycles. The summed E-state index contributed by atoms with van der Waals surface area (Å²) >= 11 is 0. The summed E-state index contributed by atoms with van der Waals surface area (Å²) in [4.78, 5) is 9.24. The molecule has 0 saturated carbocycles. The molecule has 1 atom stereocenters. The second-order valence-corrected chi connectivity index (χ2v) is 6.01. The van der Waals surface area contributed by atoms with E-state index in [4.69, 9.17) is 9.72 Å². The van der Waals surface area contributed by atoms with Gasteiger partial charge in [0.1, 0.15) is 11.3 Å². The summed E-state index contributed by atoms with van der Waals surface area (Å²) in [6.45, 7) is 10.0. The number of nitrogens with zero attached hydrogens (tertiary/aromatic N) is 3. The highest BCUT2D eigenvalue weighted by molar-refractivity contribution is 6.02. The van der Waals surface area contributed by atoms with Crippen molar-refractivity contribution in [3.8, 4) is 0 Å². The molecular formula is C18H23N3O. The number of imidazole rings is 1. The van der Waals surface area contributed by atoms with Gasteiger partial charge < -0.3 is 9.30 Å². The number of pyridine rings is 1. The first-order chi connectivity index (χ1) is 10.6. The van der Waals surface area contributed by atoms with E-state index in [-0.39, 0.29) is 6.04 Å². The molecule has 0 aliphatic heterocycles. The summed E-state index contributed by atoms with van der Waals surface area (Å²) in [6.07, 6.45) is 1.87. The van der Waals surface area contributed by atoms with E-state index in [9.17, 15) is 0 Å². The van der Waals surface area contributed by atoms with Crippen LogP contribution in [0.2, 0.25) is 0 Å². The molecule has 0 spiro atoms. The Morgan fingerprint density at radius 1 is 1.18 bits per heavy atom. The van der Waals surface area contributed by atoms with Crippen molar-refractivity contribution < 1.29 is 4.74 Å². The standard InChI is InChI=1S/C18H23N3O/c1-5-22-11-17(12(2)3)21-13(4)20-16-10-19-15-9-7-6-8-14(15)18(16)21/h6-10,12,17H,5,11H2,1-4H3/t17-/m1/s1. The lowest BCUT2D eigenvalue weighted by atomic mass is 10.0. The number of rotatable bonds is 5. The van der Waals surface area contributed by atoms with Crippen molar-refractivity contribution in [1.82, 2.24) is 14.5 Å². The van der Waals surface area contributed by atoms with E-state index in [1.807, 2.05) is 25.3 Å². The largest absolute Gasteiger partial charge is 0.380 e. The number of ether oxygens (including phenoxy) is 1. The predicted octanol–water partition coefficient (Wildman–Crippen LogP) is 4.13. The van der Waals surface area contributed by atoms with E-state index in [0.717, 1.165) is 28.9 Å². The van der Waals surface area contributed by atoms with Gasteiger partial charge in [0.25, 0.3) is 0 Å². The third-order valence-electron chi connectivity index (χ3n) is 4.19. The predicted molar refractivity (Wildman–Crippen MR) is 90.1 cm³/mol. The molecule has 116 valence electrons. The maximum Gasteiger partial charge on any atom is 0.108 e. The molecule has 1 aromatic carbocycles. The van der Waals surface area contributed by atoms with Crippen LogP contribution < -0.4 is 0 Å². The van der Waals surface area contributed by atoms with Crippen molar-refractivity contribution in [2.45, 2.75) is 33.7 Å². The third kappa shape index (κ3) is 2.48. The van der Waals surface area contributed by atoms with Crippen molar-refractivity contribution in [2.24, 2.45) is 5.92 Å². The molecule has 0 fully saturated rings. The van der Waals surface area contributed by atoms with Gasteiger partial charge in [-0.2, -0.15) is 0 Å². The number of benzene rings is 1. The smallest absolute Gasteiger partial charge is 0.108 e. The van der Waals surface area contributed by atoms with E-state index in [1.54, 1.807) is 0 Å². The normalized spacial score (nSPS) is 13.3. The molecule has 0 saturated heterocycles. The number of aryl methyl sites for hydroxylation is 1. The summed E-state index contributed by atoms with van der Waals surface area (Å²) in [7, 11) is 0. The molecule has 0 bridgehead atoms. The first-order valence-electron chi connectivity index (χ1n) is 7.93. The fourth-order valence-electron chi connectivity index (χ4n) is 3.05. The maximum absolute atomic E-state index is 5.73. The van der Waals surface area contributed by atoms with Crippen LogP contribution in [-0.4, -0.2) is 27.7 Å². The topological polar surface area (TPSA) is 39.9 Å². The third-order valence-corrected chi connectivity index (χ3v) is 4.19. The minimum absolute atomic E-state index is 0.274. The Labute approximate surface area is 131 Å². The fraction of sp³-hybridized carbons (Fsp3) is 0.444. The Kier molecular flexibility index (Phi) is 4.12. The van der Waals surface area contributed by atoms with Gasteiger partial charge in [-0.25, -0.2) is 4.98 Å². The highest BCUT2D eigenvalue weighted by atomic mass is 16.5. The van der Waals surface area contributed by atoms with Crippen LogP contribution in [0.3, 0.4) is 0 Å². The van der Waals surface area contributed by atoms with Gasteiger partial charge in [0, 0.05) is 12.0 Å². The second-order valence-electron chi connectivity index (χ2n) is 6.01. The lowest BCUT2D eigenvalue weighted by Gasteiger charge is -2.25. The Bertz CT molecular complexity index is 791. The molecule has 0 aliphatic carbocycles. The zero-order valence-corrected chi connectivity index (χ0v) is 13.7. The van der Waals surface area contributed by atoms with Crippen molar-refractivity contribution in [1.29, 1.82) is 0 Å². The highest BCUT2D eigenvalue weighted by Crippen LogP contribution is 2.30. The number of para-hydroxylation sites is 1. The molecule has 3 rings (SSSR count). The Hall–Kier alpha value is -1.94. The van der Waals surface area contributed by atoms with Gasteiger partial charge in [0.2, 0.25) is 0 Å². The Morgan fingerprint density at radius 3 is 2.68 bits per heavy atom. The Balaban J connectivity index is 2.27. The van der Waals surface area contributed by atoms with Crippen molar-refractivity contribution >= 4 is 21.9 Å². The fourth-order valence-corrected chi connectivity index (χ4v) is 3.05. The van der Waals surface area contributed by atoms with Gasteiger partial charge in [0.05, 0.1) is 29.9 Å². The monoisotopic (exact) mass is 297 g/mol. The maximum atomic E-state index is 5.73. The van der Waals surface area contributed by atoms with E-state index < -0.39 is 0 Å². The van der Waals surface area contributed by atoms with Crippen LogP contribution in [0.4, 0.5) is 0 Å². The number of hydrogen-bond donors (Lipinski definition) is 0.